The van der Waals surface area contributed by atoms with Crippen molar-refractivity contribution >= 4 is 11.4 Å². The Morgan fingerprint density at radius 2 is 1.93 bits per heavy atom. The van der Waals surface area contributed by atoms with Crippen molar-refractivity contribution in [1.82, 2.24) is 4.98 Å². The average Bonchev–Trinajstić information content (AvgIpc) is 2.27. The smallest absolute Gasteiger partial charge is 0.271 e. The maximum Gasteiger partial charge on any atom is 0.271 e. The molecule has 0 fully saturated rings. The van der Waals surface area contributed by atoms with E-state index >= 15 is 0 Å². The summed E-state index contributed by atoms with van der Waals surface area (Å²) in [6, 6.07) is 9.99. The summed E-state index contributed by atoms with van der Waals surface area (Å²) in [6.45, 7) is 0. The minimum atomic E-state index is -0.0537. The topological polar surface area (TPSA) is 44.9 Å². The third-order valence-corrected chi connectivity index (χ3v) is 2.71. The van der Waals surface area contributed by atoms with E-state index in [1.165, 1.54) is 5.56 Å². The van der Waals surface area contributed by atoms with Crippen LogP contribution in [0.2, 0.25) is 0 Å². The number of anilines is 2. The third-order valence-electron chi connectivity index (χ3n) is 2.71. The van der Waals surface area contributed by atoms with E-state index in [1.54, 1.807) is 6.20 Å². The SMILES string of the molecule is O=c1[nH]ccc2c1Nc1ccccc1C2. The number of aromatic amines is 1. The van der Waals surface area contributed by atoms with Crippen LogP contribution < -0.4 is 10.9 Å². The lowest BCUT2D eigenvalue weighted by Crippen LogP contribution is -2.17. The molecule has 0 aliphatic carbocycles. The van der Waals surface area contributed by atoms with E-state index in [9.17, 15) is 4.79 Å². The summed E-state index contributed by atoms with van der Waals surface area (Å²) in [5.74, 6) is 0. The van der Waals surface area contributed by atoms with Crippen molar-refractivity contribution < 1.29 is 0 Å². The van der Waals surface area contributed by atoms with Crippen LogP contribution in [0.15, 0.2) is 41.3 Å². The van der Waals surface area contributed by atoms with Crippen LogP contribution in [-0.2, 0) is 6.42 Å². The second-order valence-electron chi connectivity index (χ2n) is 3.67. The van der Waals surface area contributed by atoms with Crippen molar-refractivity contribution in [1.29, 1.82) is 0 Å². The molecule has 2 heterocycles. The lowest BCUT2D eigenvalue weighted by atomic mass is 9.99. The lowest BCUT2D eigenvalue weighted by Gasteiger charge is -2.19. The average molecular weight is 198 g/mol. The molecule has 1 aromatic carbocycles. The van der Waals surface area contributed by atoms with Gasteiger partial charge in [0.15, 0.2) is 0 Å². The molecular weight excluding hydrogens is 188 g/mol. The zero-order valence-corrected chi connectivity index (χ0v) is 8.08. The number of aromatic nitrogens is 1. The molecule has 0 saturated heterocycles. The zero-order valence-electron chi connectivity index (χ0n) is 8.08. The Labute approximate surface area is 86.8 Å². The van der Waals surface area contributed by atoms with Crippen molar-refractivity contribution in [2.24, 2.45) is 0 Å². The van der Waals surface area contributed by atoms with Crippen LogP contribution in [0.1, 0.15) is 11.1 Å². The van der Waals surface area contributed by atoms with E-state index in [0.29, 0.717) is 5.69 Å². The summed E-state index contributed by atoms with van der Waals surface area (Å²) >= 11 is 0. The molecule has 1 aliphatic rings. The fraction of sp³-hybridized carbons (Fsp3) is 0.0833. The number of H-pyrrole nitrogens is 1. The van der Waals surface area contributed by atoms with Crippen molar-refractivity contribution in [3.05, 3.63) is 58.0 Å². The van der Waals surface area contributed by atoms with Gasteiger partial charge in [-0.3, -0.25) is 4.79 Å². The molecule has 0 amide bonds. The monoisotopic (exact) mass is 198 g/mol. The normalized spacial score (nSPS) is 12.5. The molecule has 2 N–H and O–H groups in total. The highest BCUT2D eigenvalue weighted by Crippen LogP contribution is 2.29. The summed E-state index contributed by atoms with van der Waals surface area (Å²) in [7, 11) is 0. The van der Waals surface area contributed by atoms with Gasteiger partial charge in [-0.2, -0.15) is 0 Å². The van der Waals surface area contributed by atoms with E-state index in [2.05, 4.69) is 16.4 Å². The number of nitrogens with one attached hydrogen (secondary N) is 2. The van der Waals surface area contributed by atoms with Gasteiger partial charge in [0.2, 0.25) is 0 Å². The van der Waals surface area contributed by atoms with Crippen LogP contribution >= 0.6 is 0 Å². The van der Waals surface area contributed by atoms with Crippen molar-refractivity contribution in [3.8, 4) is 0 Å². The van der Waals surface area contributed by atoms with Crippen LogP contribution in [-0.4, -0.2) is 4.98 Å². The molecule has 3 rings (SSSR count). The second-order valence-corrected chi connectivity index (χ2v) is 3.67. The summed E-state index contributed by atoms with van der Waals surface area (Å²) in [4.78, 5) is 14.2. The Hall–Kier alpha value is -2.03. The minimum absolute atomic E-state index is 0.0537. The van der Waals surface area contributed by atoms with Gasteiger partial charge in [0.1, 0.15) is 5.69 Å². The summed E-state index contributed by atoms with van der Waals surface area (Å²) < 4.78 is 0. The first-order chi connectivity index (χ1) is 7.34. The van der Waals surface area contributed by atoms with Crippen molar-refractivity contribution in [3.63, 3.8) is 0 Å². The van der Waals surface area contributed by atoms with Gasteiger partial charge in [0.05, 0.1) is 0 Å². The maximum absolute atomic E-state index is 11.6. The molecule has 15 heavy (non-hydrogen) atoms. The fourth-order valence-corrected chi connectivity index (χ4v) is 1.94. The largest absolute Gasteiger partial charge is 0.351 e. The number of hydrogen-bond donors (Lipinski definition) is 2. The Bertz CT molecular complexity index is 572. The van der Waals surface area contributed by atoms with E-state index in [1.807, 2.05) is 24.3 Å². The summed E-state index contributed by atoms with van der Waals surface area (Å²) in [5, 5.41) is 3.16. The molecule has 0 spiro atoms. The van der Waals surface area contributed by atoms with E-state index < -0.39 is 0 Å². The first-order valence-corrected chi connectivity index (χ1v) is 4.90. The number of pyridine rings is 1. The molecule has 3 nitrogen and oxygen atoms in total. The van der Waals surface area contributed by atoms with E-state index in [4.69, 9.17) is 0 Å². The van der Waals surface area contributed by atoms with Crippen LogP contribution in [0, 0.1) is 0 Å². The molecule has 2 aromatic rings. The second kappa shape index (κ2) is 2.98. The van der Waals surface area contributed by atoms with Gasteiger partial charge in [-0.05, 0) is 23.3 Å². The van der Waals surface area contributed by atoms with Crippen molar-refractivity contribution in [2.45, 2.75) is 6.42 Å². The van der Waals surface area contributed by atoms with Crippen molar-refractivity contribution in [2.75, 3.05) is 5.32 Å². The Morgan fingerprint density at radius 3 is 2.87 bits per heavy atom. The molecule has 0 atom stereocenters. The Balaban J connectivity index is 2.19. The van der Waals surface area contributed by atoms with Gasteiger partial charge >= 0.3 is 0 Å². The van der Waals surface area contributed by atoms with Gasteiger partial charge in [-0.1, -0.05) is 18.2 Å². The summed E-state index contributed by atoms with van der Waals surface area (Å²) in [6.07, 6.45) is 2.51. The van der Waals surface area contributed by atoms with Gasteiger partial charge in [-0.15, -0.1) is 0 Å². The lowest BCUT2D eigenvalue weighted by molar-refractivity contribution is 1.10. The summed E-state index contributed by atoms with van der Waals surface area (Å²) in [5.41, 5.74) is 3.94. The number of fused-ring (bicyclic) bond motifs is 2. The van der Waals surface area contributed by atoms with Gasteiger partial charge in [0, 0.05) is 18.3 Å². The molecule has 74 valence electrons. The molecular formula is C12H10N2O. The molecule has 0 radical (unpaired) electrons. The van der Waals surface area contributed by atoms with Crippen LogP contribution in [0.3, 0.4) is 0 Å². The number of rotatable bonds is 0. The van der Waals surface area contributed by atoms with E-state index in [-0.39, 0.29) is 5.56 Å². The van der Waals surface area contributed by atoms with Crippen LogP contribution in [0.4, 0.5) is 11.4 Å². The Kier molecular flexibility index (Phi) is 1.65. The third kappa shape index (κ3) is 1.24. The predicted molar refractivity (Wildman–Crippen MR) is 59.6 cm³/mol. The van der Waals surface area contributed by atoms with Gasteiger partial charge in [0.25, 0.3) is 5.56 Å². The van der Waals surface area contributed by atoms with E-state index in [0.717, 1.165) is 17.7 Å². The predicted octanol–water partition coefficient (Wildman–Crippen LogP) is 2.02. The molecule has 1 aromatic heterocycles. The van der Waals surface area contributed by atoms with Gasteiger partial charge in [-0.25, -0.2) is 0 Å². The first-order valence-electron chi connectivity index (χ1n) is 4.90. The van der Waals surface area contributed by atoms with Crippen LogP contribution in [0.5, 0.6) is 0 Å². The molecule has 0 saturated carbocycles. The minimum Gasteiger partial charge on any atom is -0.351 e. The highest BCUT2D eigenvalue weighted by Gasteiger charge is 2.15. The van der Waals surface area contributed by atoms with Crippen LogP contribution in [0.25, 0.3) is 0 Å². The molecule has 0 unspecified atom stereocenters. The molecule has 0 bridgehead atoms. The highest BCUT2D eigenvalue weighted by molar-refractivity contribution is 5.70. The standard InChI is InChI=1S/C12H10N2O/c15-12-11-9(5-6-13-12)7-8-3-1-2-4-10(8)14-11/h1-6,14H,7H2,(H,13,15). The number of benzene rings is 1. The number of hydrogen-bond acceptors (Lipinski definition) is 2. The fourth-order valence-electron chi connectivity index (χ4n) is 1.94. The zero-order chi connectivity index (χ0) is 10.3. The quantitative estimate of drug-likeness (QED) is 0.580. The Morgan fingerprint density at radius 1 is 1.07 bits per heavy atom. The number of para-hydroxylation sites is 1. The molecule has 3 heteroatoms. The van der Waals surface area contributed by atoms with Gasteiger partial charge < -0.3 is 10.3 Å². The first kappa shape index (κ1) is 8.29. The maximum atomic E-state index is 11.6. The molecule has 1 aliphatic heterocycles. The highest BCUT2D eigenvalue weighted by atomic mass is 16.1.